The molecular weight excluding hydrogens is 173 g/mol. The highest BCUT2D eigenvalue weighted by molar-refractivity contribution is 7.44. The van der Waals surface area contributed by atoms with E-state index in [1.54, 1.807) is 6.08 Å². The van der Waals surface area contributed by atoms with Crippen LogP contribution in [-0.4, -0.2) is 31.0 Å². The quantitative estimate of drug-likeness (QED) is 0.488. The predicted octanol–water partition coefficient (Wildman–Crippen LogP) is 2.16. The second-order valence-corrected chi connectivity index (χ2v) is 4.17. The highest BCUT2D eigenvalue weighted by Crippen LogP contribution is 2.46. The van der Waals surface area contributed by atoms with E-state index in [0.29, 0.717) is 6.61 Å². The number of hydrogen-bond donors (Lipinski definition) is 0. The van der Waals surface area contributed by atoms with Gasteiger partial charge in [-0.15, -0.1) is 6.58 Å². The van der Waals surface area contributed by atoms with Crippen LogP contribution in [0.3, 0.4) is 0 Å². The van der Waals surface area contributed by atoms with Gasteiger partial charge < -0.3 is 9.05 Å². The van der Waals surface area contributed by atoms with Crippen molar-refractivity contribution >= 4 is 8.53 Å². The minimum Gasteiger partial charge on any atom is -0.321 e. The van der Waals surface area contributed by atoms with Crippen LogP contribution in [0.25, 0.3) is 0 Å². The summed E-state index contributed by atoms with van der Waals surface area (Å²) in [7, 11) is -0.758. The third-order valence-corrected chi connectivity index (χ3v) is 3.20. The third-order valence-electron chi connectivity index (χ3n) is 1.57. The van der Waals surface area contributed by atoms with E-state index >= 15 is 0 Å². The van der Waals surface area contributed by atoms with Crippen molar-refractivity contribution in [3.05, 3.63) is 12.7 Å². The average molecular weight is 189 g/mol. The zero-order valence-corrected chi connectivity index (χ0v) is 8.43. The molecule has 1 atom stereocenters. The molecule has 1 fully saturated rings. The summed E-state index contributed by atoms with van der Waals surface area (Å²) >= 11 is 0. The minimum atomic E-state index is -0.758. The third kappa shape index (κ3) is 2.83. The molecule has 1 heterocycles. The van der Waals surface area contributed by atoms with Gasteiger partial charge >= 0.3 is 0 Å². The molecule has 0 amide bonds. The maximum absolute atomic E-state index is 5.47. The van der Waals surface area contributed by atoms with Crippen molar-refractivity contribution in [2.24, 2.45) is 0 Å². The van der Waals surface area contributed by atoms with E-state index in [9.17, 15) is 0 Å². The van der Waals surface area contributed by atoms with Gasteiger partial charge in [0.1, 0.15) is 0 Å². The molecule has 3 nitrogen and oxygen atoms in total. The van der Waals surface area contributed by atoms with Crippen molar-refractivity contribution in [3.8, 4) is 0 Å². The normalized spacial score (nSPS) is 24.6. The summed E-state index contributed by atoms with van der Waals surface area (Å²) in [6.45, 7) is 9.25. The molecule has 1 aliphatic rings. The minimum absolute atomic E-state index is 0.589. The van der Waals surface area contributed by atoms with E-state index in [2.05, 4.69) is 18.2 Å². The summed E-state index contributed by atoms with van der Waals surface area (Å²) in [4.78, 5) is 0. The molecule has 0 aromatic heterocycles. The summed E-state index contributed by atoms with van der Waals surface area (Å²) < 4.78 is 13.2. The molecule has 1 saturated heterocycles. The molecule has 0 aromatic rings. The Bertz CT molecular complexity index is 143. The van der Waals surface area contributed by atoms with Crippen molar-refractivity contribution < 1.29 is 9.05 Å². The van der Waals surface area contributed by atoms with E-state index in [1.807, 2.05) is 0 Å². The summed E-state index contributed by atoms with van der Waals surface area (Å²) in [5.74, 6) is 0. The van der Waals surface area contributed by atoms with Gasteiger partial charge in [-0.3, -0.25) is 0 Å². The first-order valence-corrected chi connectivity index (χ1v) is 5.43. The molecule has 12 heavy (non-hydrogen) atoms. The van der Waals surface area contributed by atoms with Crippen LogP contribution in [0, 0.1) is 0 Å². The maximum Gasteiger partial charge on any atom is 0.259 e. The summed E-state index contributed by atoms with van der Waals surface area (Å²) in [6.07, 6.45) is 2.91. The molecular formula is C8H16NO2P. The van der Waals surface area contributed by atoms with Crippen LogP contribution in [0.15, 0.2) is 12.7 Å². The molecule has 4 heteroatoms. The molecule has 0 saturated carbocycles. The Labute approximate surface area is 75.3 Å². The van der Waals surface area contributed by atoms with Crippen LogP contribution in [-0.2, 0) is 9.05 Å². The lowest BCUT2D eigenvalue weighted by atomic mass is 10.5. The molecule has 1 unspecified atom stereocenters. The largest absolute Gasteiger partial charge is 0.321 e. The molecule has 0 aliphatic carbocycles. The van der Waals surface area contributed by atoms with Crippen molar-refractivity contribution in [2.75, 3.05) is 26.3 Å². The molecule has 0 N–H and O–H groups in total. The summed E-state index contributed by atoms with van der Waals surface area (Å²) in [5, 5.41) is 0. The first kappa shape index (κ1) is 10.1. The Hall–Kier alpha value is 0.0500. The molecule has 1 aliphatic heterocycles. The van der Waals surface area contributed by atoms with E-state index in [1.165, 1.54) is 0 Å². The van der Waals surface area contributed by atoms with Gasteiger partial charge in [-0.25, -0.2) is 4.67 Å². The molecule has 70 valence electrons. The number of rotatable bonds is 5. The molecule has 0 bridgehead atoms. The van der Waals surface area contributed by atoms with E-state index in [4.69, 9.17) is 9.05 Å². The van der Waals surface area contributed by atoms with E-state index < -0.39 is 8.53 Å². The lowest BCUT2D eigenvalue weighted by Gasteiger charge is -2.19. The molecule has 0 aromatic carbocycles. The van der Waals surface area contributed by atoms with Crippen LogP contribution in [0.2, 0.25) is 0 Å². The van der Waals surface area contributed by atoms with Gasteiger partial charge in [-0.05, 0) is 6.42 Å². The smallest absolute Gasteiger partial charge is 0.259 e. The summed E-state index contributed by atoms with van der Waals surface area (Å²) in [6, 6.07) is 0. The summed E-state index contributed by atoms with van der Waals surface area (Å²) in [5.41, 5.74) is 0. The second kappa shape index (κ2) is 5.65. The maximum atomic E-state index is 5.47. The molecule has 0 radical (unpaired) electrons. The van der Waals surface area contributed by atoms with Gasteiger partial charge in [0.15, 0.2) is 0 Å². The van der Waals surface area contributed by atoms with Gasteiger partial charge in [0, 0.05) is 13.1 Å². The van der Waals surface area contributed by atoms with Crippen molar-refractivity contribution in [1.82, 2.24) is 4.67 Å². The Morgan fingerprint density at radius 1 is 1.75 bits per heavy atom. The first-order chi connectivity index (χ1) is 5.88. The Kier molecular flexibility index (Phi) is 4.77. The lowest BCUT2D eigenvalue weighted by Crippen LogP contribution is -2.16. The van der Waals surface area contributed by atoms with Crippen LogP contribution < -0.4 is 0 Å². The monoisotopic (exact) mass is 189 g/mol. The van der Waals surface area contributed by atoms with Crippen molar-refractivity contribution in [2.45, 2.75) is 13.3 Å². The predicted molar refractivity (Wildman–Crippen MR) is 50.9 cm³/mol. The standard InChI is InChI=1S/C8H16NO2P/c1-3-5-9-6-8-11-12(9)10-7-4-2/h4H,2-3,5-8H2,1H3. The van der Waals surface area contributed by atoms with Crippen LogP contribution in [0.1, 0.15) is 13.3 Å². The van der Waals surface area contributed by atoms with Gasteiger partial charge in [0.25, 0.3) is 8.53 Å². The second-order valence-electron chi connectivity index (χ2n) is 2.61. The lowest BCUT2D eigenvalue weighted by molar-refractivity contribution is 0.292. The van der Waals surface area contributed by atoms with Gasteiger partial charge in [0.2, 0.25) is 0 Å². The fourth-order valence-electron chi connectivity index (χ4n) is 1.07. The number of nitrogens with zero attached hydrogens (tertiary/aromatic N) is 1. The van der Waals surface area contributed by atoms with Gasteiger partial charge in [-0.2, -0.15) is 0 Å². The first-order valence-electron chi connectivity index (χ1n) is 4.30. The van der Waals surface area contributed by atoms with Crippen LogP contribution in [0.4, 0.5) is 0 Å². The fraction of sp³-hybridized carbons (Fsp3) is 0.750. The zero-order valence-electron chi connectivity index (χ0n) is 7.53. The fourth-order valence-corrected chi connectivity index (χ4v) is 2.55. The van der Waals surface area contributed by atoms with Crippen LogP contribution >= 0.6 is 8.53 Å². The van der Waals surface area contributed by atoms with Crippen LogP contribution in [0.5, 0.6) is 0 Å². The Balaban J connectivity index is 2.25. The van der Waals surface area contributed by atoms with Gasteiger partial charge in [-0.1, -0.05) is 13.0 Å². The van der Waals surface area contributed by atoms with E-state index in [-0.39, 0.29) is 0 Å². The highest BCUT2D eigenvalue weighted by Gasteiger charge is 2.26. The number of hydrogen-bond acceptors (Lipinski definition) is 3. The Morgan fingerprint density at radius 2 is 2.58 bits per heavy atom. The molecule has 0 spiro atoms. The average Bonchev–Trinajstić information content (AvgIpc) is 2.50. The Morgan fingerprint density at radius 3 is 3.25 bits per heavy atom. The van der Waals surface area contributed by atoms with Gasteiger partial charge in [0.05, 0.1) is 13.2 Å². The van der Waals surface area contributed by atoms with Crippen molar-refractivity contribution in [3.63, 3.8) is 0 Å². The van der Waals surface area contributed by atoms with Crippen molar-refractivity contribution in [1.29, 1.82) is 0 Å². The zero-order chi connectivity index (χ0) is 8.81. The highest BCUT2D eigenvalue weighted by atomic mass is 31.2. The molecule has 1 rings (SSSR count). The van der Waals surface area contributed by atoms with E-state index in [0.717, 1.165) is 26.1 Å². The topological polar surface area (TPSA) is 21.7 Å². The SMILES string of the molecule is C=CCOP1OCCN1CCC.